The molecule has 0 amide bonds. The van der Waals surface area contributed by atoms with E-state index in [1.807, 2.05) is 0 Å². The van der Waals surface area contributed by atoms with Crippen molar-refractivity contribution in [3.8, 4) is 0 Å². The Morgan fingerprint density at radius 2 is 2.11 bits per heavy atom. The van der Waals surface area contributed by atoms with Gasteiger partial charge in [0.25, 0.3) is 5.69 Å². The lowest BCUT2D eigenvalue weighted by molar-refractivity contribution is -0.385. The van der Waals surface area contributed by atoms with E-state index >= 15 is 0 Å². The van der Waals surface area contributed by atoms with E-state index in [1.54, 1.807) is 6.92 Å². The maximum atomic E-state index is 13.1. The van der Waals surface area contributed by atoms with Gasteiger partial charge in [-0.1, -0.05) is 0 Å². The monoisotopic (exact) mass is 290 g/mol. The predicted molar refractivity (Wildman–Crippen MR) is 68.8 cm³/mol. The normalized spacial score (nSPS) is 13.2. The molecule has 0 aliphatic carbocycles. The number of hydrogen-bond acceptors (Lipinski definition) is 5. The van der Waals surface area contributed by atoms with E-state index < -0.39 is 32.0 Å². The number of hydrogen-bond donors (Lipinski definition) is 1. The van der Waals surface area contributed by atoms with Crippen molar-refractivity contribution in [1.29, 1.82) is 0 Å². The number of nitrogens with two attached hydrogens (primary N) is 1. The molecule has 1 aromatic carbocycles. The van der Waals surface area contributed by atoms with E-state index in [0.717, 1.165) is 18.2 Å². The molecule has 1 aromatic rings. The van der Waals surface area contributed by atoms with Crippen LogP contribution in [0.5, 0.6) is 0 Å². The standard InChI is InChI=1S/C11H15FN2O4S/c1-8(13)4-5-19(17,18)7-9-6-10(12)2-3-11(9)14(15)16/h2-3,6,8H,4-5,7,13H2,1H3. The zero-order valence-corrected chi connectivity index (χ0v) is 11.2. The Balaban J connectivity index is 2.98. The molecular formula is C11H15FN2O4S. The minimum Gasteiger partial charge on any atom is -0.328 e. The van der Waals surface area contributed by atoms with Gasteiger partial charge in [-0.05, 0) is 25.5 Å². The molecule has 106 valence electrons. The van der Waals surface area contributed by atoms with Crippen molar-refractivity contribution in [2.24, 2.45) is 5.73 Å². The molecule has 0 saturated carbocycles. The minimum atomic E-state index is -3.55. The SMILES string of the molecule is CC(N)CCS(=O)(=O)Cc1cc(F)ccc1[N+](=O)[O-]. The highest BCUT2D eigenvalue weighted by molar-refractivity contribution is 7.90. The molecule has 6 nitrogen and oxygen atoms in total. The first-order valence-corrected chi connectivity index (χ1v) is 7.42. The van der Waals surface area contributed by atoms with Gasteiger partial charge >= 0.3 is 0 Å². The number of nitro benzene ring substituents is 1. The Morgan fingerprint density at radius 1 is 1.47 bits per heavy atom. The smallest absolute Gasteiger partial charge is 0.273 e. The second kappa shape index (κ2) is 6.07. The lowest BCUT2D eigenvalue weighted by atomic mass is 10.2. The third-order valence-electron chi connectivity index (χ3n) is 2.50. The third kappa shape index (κ3) is 4.92. The number of nitrogens with zero attached hydrogens (tertiary/aromatic N) is 1. The van der Waals surface area contributed by atoms with Crippen LogP contribution in [-0.4, -0.2) is 25.1 Å². The van der Waals surface area contributed by atoms with Crippen LogP contribution >= 0.6 is 0 Å². The average molecular weight is 290 g/mol. The lowest BCUT2D eigenvalue weighted by Crippen LogP contribution is -2.21. The van der Waals surface area contributed by atoms with Crippen LogP contribution in [0.2, 0.25) is 0 Å². The maximum Gasteiger partial charge on any atom is 0.273 e. The van der Waals surface area contributed by atoms with Crippen LogP contribution < -0.4 is 5.73 Å². The fourth-order valence-corrected chi connectivity index (χ4v) is 3.10. The van der Waals surface area contributed by atoms with E-state index in [4.69, 9.17) is 5.73 Å². The molecule has 0 spiro atoms. The quantitative estimate of drug-likeness (QED) is 0.629. The zero-order valence-electron chi connectivity index (χ0n) is 10.4. The Hall–Kier alpha value is -1.54. The van der Waals surface area contributed by atoms with E-state index in [0.29, 0.717) is 0 Å². The topological polar surface area (TPSA) is 103 Å². The summed E-state index contributed by atoms with van der Waals surface area (Å²) in [5.74, 6) is -1.45. The van der Waals surface area contributed by atoms with E-state index in [-0.39, 0.29) is 23.8 Å². The molecule has 0 radical (unpaired) electrons. The van der Waals surface area contributed by atoms with Gasteiger partial charge in [0.1, 0.15) is 5.82 Å². The molecule has 1 rings (SSSR count). The first-order chi connectivity index (χ1) is 8.71. The third-order valence-corrected chi connectivity index (χ3v) is 4.11. The Kier molecular flexibility index (Phi) is 4.96. The Bertz CT molecular complexity index is 572. The van der Waals surface area contributed by atoms with Crippen LogP contribution in [0.4, 0.5) is 10.1 Å². The van der Waals surface area contributed by atoms with Crippen molar-refractivity contribution in [3.63, 3.8) is 0 Å². The Labute approximate surface area is 110 Å². The summed E-state index contributed by atoms with van der Waals surface area (Å²) in [7, 11) is -3.55. The molecule has 0 heterocycles. The average Bonchev–Trinajstić information content (AvgIpc) is 2.25. The van der Waals surface area contributed by atoms with Crippen molar-refractivity contribution >= 4 is 15.5 Å². The minimum absolute atomic E-state index is 0.144. The number of nitro groups is 1. The van der Waals surface area contributed by atoms with Gasteiger partial charge in [0.05, 0.1) is 16.4 Å². The van der Waals surface area contributed by atoms with Crippen molar-refractivity contribution < 1.29 is 17.7 Å². The molecule has 0 bridgehead atoms. The number of benzene rings is 1. The highest BCUT2D eigenvalue weighted by atomic mass is 32.2. The van der Waals surface area contributed by atoms with Gasteiger partial charge in [-0.25, -0.2) is 12.8 Å². The molecule has 19 heavy (non-hydrogen) atoms. The molecule has 2 N–H and O–H groups in total. The van der Waals surface area contributed by atoms with E-state index in [2.05, 4.69) is 0 Å². The van der Waals surface area contributed by atoms with Crippen molar-refractivity contribution in [2.45, 2.75) is 25.1 Å². The second-order valence-corrected chi connectivity index (χ2v) is 6.57. The molecule has 0 fully saturated rings. The predicted octanol–water partition coefficient (Wildman–Crippen LogP) is 1.39. The summed E-state index contributed by atoms with van der Waals surface area (Å²) in [4.78, 5) is 10.0. The van der Waals surface area contributed by atoms with Gasteiger partial charge in [0, 0.05) is 17.7 Å². The molecule has 0 saturated heterocycles. The van der Waals surface area contributed by atoms with Gasteiger partial charge in [-0.15, -0.1) is 0 Å². The zero-order chi connectivity index (χ0) is 14.6. The molecule has 0 aliphatic heterocycles. The highest BCUT2D eigenvalue weighted by Gasteiger charge is 2.21. The summed E-state index contributed by atoms with van der Waals surface area (Å²) < 4.78 is 36.6. The van der Waals surface area contributed by atoms with Gasteiger partial charge < -0.3 is 5.73 Å². The molecule has 1 unspecified atom stereocenters. The first kappa shape index (κ1) is 15.5. The number of rotatable bonds is 6. The molecule has 0 aliphatic rings. The van der Waals surface area contributed by atoms with Gasteiger partial charge in [0.15, 0.2) is 9.84 Å². The van der Waals surface area contributed by atoms with Crippen molar-refractivity contribution in [3.05, 3.63) is 39.7 Å². The highest BCUT2D eigenvalue weighted by Crippen LogP contribution is 2.22. The summed E-state index contributed by atoms with van der Waals surface area (Å²) in [5.41, 5.74) is 4.92. The van der Waals surface area contributed by atoms with Crippen LogP contribution in [0.1, 0.15) is 18.9 Å². The van der Waals surface area contributed by atoms with E-state index in [9.17, 15) is 22.9 Å². The largest absolute Gasteiger partial charge is 0.328 e. The van der Waals surface area contributed by atoms with Gasteiger partial charge in [-0.2, -0.15) is 0 Å². The molecular weight excluding hydrogens is 275 g/mol. The fraction of sp³-hybridized carbons (Fsp3) is 0.455. The maximum absolute atomic E-state index is 13.1. The van der Waals surface area contributed by atoms with Crippen LogP contribution in [0.25, 0.3) is 0 Å². The summed E-state index contributed by atoms with van der Waals surface area (Å²) in [5, 5.41) is 10.8. The molecule has 0 aromatic heterocycles. The summed E-state index contributed by atoms with van der Waals surface area (Å²) in [6.45, 7) is 1.67. The molecule has 1 atom stereocenters. The number of sulfone groups is 1. The van der Waals surface area contributed by atoms with E-state index in [1.165, 1.54) is 0 Å². The second-order valence-electron chi connectivity index (χ2n) is 4.39. The van der Waals surface area contributed by atoms with Crippen LogP contribution in [0.3, 0.4) is 0 Å². The summed E-state index contributed by atoms with van der Waals surface area (Å²) in [6.07, 6.45) is 0.255. The van der Waals surface area contributed by atoms with Crippen LogP contribution in [0, 0.1) is 15.9 Å². The summed E-state index contributed by atoms with van der Waals surface area (Å²) >= 11 is 0. The van der Waals surface area contributed by atoms with Gasteiger partial charge in [0.2, 0.25) is 0 Å². The van der Waals surface area contributed by atoms with Gasteiger partial charge in [-0.3, -0.25) is 10.1 Å². The van der Waals surface area contributed by atoms with Crippen LogP contribution in [0.15, 0.2) is 18.2 Å². The Morgan fingerprint density at radius 3 is 2.63 bits per heavy atom. The number of halogens is 1. The fourth-order valence-electron chi connectivity index (χ4n) is 1.52. The lowest BCUT2D eigenvalue weighted by Gasteiger charge is -2.07. The summed E-state index contributed by atoms with van der Waals surface area (Å²) in [6, 6.07) is 2.49. The van der Waals surface area contributed by atoms with Crippen molar-refractivity contribution in [1.82, 2.24) is 0 Å². The molecule has 8 heteroatoms. The first-order valence-electron chi connectivity index (χ1n) is 5.60. The van der Waals surface area contributed by atoms with Crippen LogP contribution in [-0.2, 0) is 15.6 Å². The van der Waals surface area contributed by atoms with Crippen molar-refractivity contribution in [2.75, 3.05) is 5.75 Å².